The van der Waals surface area contributed by atoms with Gasteiger partial charge in [-0.25, -0.2) is 0 Å². The molecule has 0 saturated heterocycles. The van der Waals surface area contributed by atoms with Crippen molar-refractivity contribution in [3.63, 3.8) is 0 Å². The van der Waals surface area contributed by atoms with Crippen molar-refractivity contribution in [3.05, 3.63) is 41.1 Å². The highest BCUT2D eigenvalue weighted by Gasteiger charge is 2.20. The number of fused-ring (bicyclic) bond motifs is 1. The molecule has 1 aromatic heterocycles. The fourth-order valence-electron chi connectivity index (χ4n) is 2.37. The Kier molecular flexibility index (Phi) is 3.69. The zero-order valence-corrected chi connectivity index (χ0v) is 12.1. The van der Waals surface area contributed by atoms with Crippen LogP contribution in [0.3, 0.4) is 0 Å². The Morgan fingerprint density at radius 3 is 2.90 bits per heavy atom. The molecule has 0 atom stereocenters. The Balaban J connectivity index is 1.72. The molecule has 0 aliphatic heterocycles. The van der Waals surface area contributed by atoms with Crippen molar-refractivity contribution in [1.82, 2.24) is 4.37 Å². The van der Waals surface area contributed by atoms with Crippen LogP contribution >= 0.6 is 11.5 Å². The summed E-state index contributed by atoms with van der Waals surface area (Å²) in [6, 6.07) is 7.19. The van der Waals surface area contributed by atoms with E-state index in [2.05, 4.69) is 9.69 Å². The van der Waals surface area contributed by atoms with Gasteiger partial charge in [0.05, 0.1) is 12.3 Å². The molecule has 0 radical (unpaired) electrons. The first-order chi connectivity index (χ1) is 9.78. The molecule has 2 aromatic rings. The average Bonchev–Trinajstić information content (AvgIpc) is 3.05. The van der Waals surface area contributed by atoms with Gasteiger partial charge in [-0.05, 0) is 62.0 Å². The van der Waals surface area contributed by atoms with E-state index in [4.69, 9.17) is 4.74 Å². The first kappa shape index (κ1) is 13.1. The highest BCUT2D eigenvalue weighted by Crippen LogP contribution is 2.32. The zero-order chi connectivity index (χ0) is 13.9. The second kappa shape index (κ2) is 5.63. The number of amides is 1. The van der Waals surface area contributed by atoms with E-state index in [-0.39, 0.29) is 5.91 Å². The molecular formula is C15H16N2O2S. The highest BCUT2D eigenvalue weighted by atomic mass is 32.1. The number of aryl methyl sites for hydroxylation is 1. The molecule has 0 saturated carbocycles. The van der Waals surface area contributed by atoms with Crippen LogP contribution in [-0.4, -0.2) is 16.9 Å². The predicted octanol–water partition coefficient (Wildman–Crippen LogP) is 3.28. The van der Waals surface area contributed by atoms with E-state index in [1.165, 1.54) is 17.1 Å². The van der Waals surface area contributed by atoms with Gasteiger partial charge in [0.2, 0.25) is 0 Å². The number of rotatable bonds is 4. The van der Waals surface area contributed by atoms with Crippen molar-refractivity contribution < 1.29 is 9.53 Å². The van der Waals surface area contributed by atoms with E-state index in [0.717, 1.165) is 35.7 Å². The van der Waals surface area contributed by atoms with Gasteiger partial charge in [0, 0.05) is 11.1 Å². The molecule has 1 amide bonds. The minimum absolute atomic E-state index is 0.0913. The van der Waals surface area contributed by atoms with Crippen LogP contribution in [0.25, 0.3) is 0 Å². The maximum absolute atomic E-state index is 12.2. The summed E-state index contributed by atoms with van der Waals surface area (Å²) in [5.41, 5.74) is 3.00. The van der Waals surface area contributed by atoms with Crippen LogP contribution in [0.1, 0.15) is 35.0 Å². The largest absolute Gasteiger partial charge is 0.494 e. The lowest BCUT2D eigenvalue weighted by atomic mass is 10.2. The van der Waals surface area contributed by atoms with Crippen molar-refractivity contribution in [3.8, 4) is 5.75 Å². The third-order valence-corrected chi connectivity index (χ3v) is 4.21. The molecule has 104 valence electrons. The second-order valence-electron chi connectivity index (χ2n) is 4.70. The van der Waals surface area contributed by atoms with Gasteiger partial charge in [-0.3, -0.25) is 4.79 Å². The van der Waals surface area contributed by atoms with E-state index >= 15 is 0 Å². The van der Waals surface area contributed by atoms with Gasteiger partial charge in [-0.15, -0.1) is 0 Å². The van der Waals surface area contributed by atoms with E-state index in [1.54, 1.807) is 12.1 Å². The van der Waals surface area contributed by atoms with E-state index < -0.39 is 0 Å². The van der Waals surface area contributed by atoms with Crippen molar-refractivity contribution >= 4 is 22.4 Å². The lowest BCUT2D eigenvalue weighted by Gasteiger charge is -2.06. The normalized spacial score (nSPS) is 13.1. The van der Waals surface area contributed by atoms with Crippen molar-refractivity contribution in [2.24, 2.45) is 0 Å². The maximum atomic E-state index is 12.2. The smallest absolute Gasteiger partial charge is 0.256 e. The summed E-state index contributed by atoms with van der Waals surface area (Å²) >= 11 is 1.38. The number of hydrogen-bond donors (Lipinski definition) is 1. The van der Waals surface area contributed by atoms with Crippen LogP contribution in [0, 0.1) is 0 Å². The number of nitrogens with zero attached hydrogens (tertiary/aromatic N) is 1. The Labute approximate surface area is 121 Å². The first-order valence-electron chi connectivity index (χ1n) is 6.79. The number of carbonyl (C=O) groups is 1. The van der Waals surface area contributed by atoms with Crippen molar-refractivity contribution in [2.45, 2.75) is 26.2 Å². The van der Waals surface area contributed by atoms with Crippen molar-refractivity contribution in [2.75, 3.05) is 11.9 Å². The van der Waals surface area contributed by atoms with Gasteiger partial charge >= 0.3 is 0 Å². The van der Waals surface area contributed by atoms with E-state index in [0.29, 0.717) is 12.2 Å². The third kappa shape index (κ3) is 2.54. The Morgan fingerprint density at radius 2 is 2.15 bits per heavy atom. The summed E-state index contributed by atoms with van der Waals surface area (Å²) < 4.78 is 9.76. The molecule has 0 fully saturated rings. The van der Waals surface area contributed by atoms with Crippen LogP contribution in [0.5, 0.6) is 5.75 Å². The van der Waals surface area contributed by atoms with Crippen LogP contribution in [-0.2, 0) is 12.8 Å². The zero-order valence-electron chi connectivity index (χ0n) is 11.3. The summed E-state index contributed by atoms with van der Waals surface area (Å²) in [7, 11) is 0. The Bertz CT molecular complexity index is 619. The molecule has 0 spiro atoms. The molecule has 3 rings (SSSR count). The molecule has 1 N–H and O–H groups in total. The Morgan fingerprint density at radius 1 is 1.35 bits per heavy atom. The number of carbonyl (C=O) groups excluding carboxylic acids is 1. The SMILES string of the molecule is CCOc1ccc(C(=O)Nc2snc3c2CCC3)cc1. The fourth-order valence-corrected chi connectivity index (χ4v) is 3.24. The minimum atomic E-state index is -0.0913. The number of anilines is 1. The van der Waals surface area contributed by atoms with Gasteiger partial charge < -0.3 is 10.1 Å². The summed E-state index contributed by atoms with van der Waals surface area (Å²) in [5.74, 6) is 0.689. The molecule has 20 heavy (non-hydrogen) atoms. The van der Waals surface area contributed by atoms with Crippen LogP contribution < -0.4 is 10.1 Å². The highest BCUT2D eigenvalue weighted by molar-refractivity contribution is 7.10. The molecule has 0 unspecified atom stereocenters. The lowest BCUT2D eigenvalue weighted by Crippen LogP contribution is -2.11. The van der Waals surface area contributed by atoms with Gasteiger partial charge in [0.1, 0.15) is 10.8 Å². The standard InChI is InChI=1S/C15H16N2O2S/c1-2-19-11-8-6-10(7-9-11)14(18)16-15-12-4-3-5-13(12)17-20-15/h6-9H,2-5H2,1H3,(H,16,18). The lowest BCUT2D eigenvalue weighted by molar-refractivity contribution is 0.102. The summed E-state index contributed by atoms with van der Waals surface area (Å²) in [4.78, 5) is 12.2. The fraction of sp³-hybridized carbons (Fsp3) is 0.333. The molecule has 4 nitrogen and oxygen atoms in total. The van der Waals surface area contributed by atoms with Crippen molar-refractivity contribution in [1.29, 1.82) is 0 Å². The number of ether oxygens (including phenoxy) is 1. The minimum Gasteiger partial charge on any atom is -0.494 e. The summed E-state index contributed by atoms with van der Waals surface area (Å²) in [6.45, 7) is 2.56. The third-order valence-electron chi connectivity index (χ3n) is 3.36. The van der Waals surface area contributed by atoms with Gasteiger partial charge in [-0.2, -0.15) is 4.37 Å². The van der Waals surface area contributed by atoms with Gasteiger partial charge in [0.15, 0.2) is 0 Å². The molecule has 1 heterocycles. The number of aromatic nitrogens is 1. The number of hydrogen-bond acceptors (Lipinski definition) is 4. The summed E-state index contributed by atoms with van der Waals surface area (Å²) in [6.07, 6.45) is 3.19. The molecular weight excluding hydrogens is 272 g/mol. The average molecular weight is 288 g/mol. The van der Waals surface area contributed by atoms with Gasteiger partial charge in [-0.1, -0.05) is 0 Å². The molecule has 5 heteroatoms. The van der Waals surface area contributed by atoms with Gasteiger partial charge in [0.25, 0.3) is 5.91 Å². The number of nitrogens with one attached hydrogen (secondary N) is 1. The van der Waals surface area contributed by atoms with Crippen LogP contribution in [0.2, 0.25) is 0 Å². The maximum Gasteiger partial charge on any atom is 0.256 e. The molecule has 1 aromatic carbocycles. The predicted molar refractivity (Wildman–Crippen MR) is 79.7 cm³/mol. The second-order valence-corrected chi connectivity index (χ2v) is 5.48. The molecule has 1 aliphatic carbocycles. The van der Waals surface area contributed by atoms with Crippen LogP contribution in [0.15, 0.2) is 24.3 Å². The Hall–Kier alpha value is -1.88. The monoisotopic (exact) mass is 288 g/mol. The quantitative estimate of drug-likeness (QED) is 0.939. The molecule has 1 aliphatic rings. The van der Waals surface area contributed by atoms with E-state index in [9.17, 15) is 4.79 Å². The summed E-state index contributed by atoms with van der Waals surface area (Å²) in [5, 5.41) is 3.87. The number of benzene rings is 1. The first-order valence-corrected chi connectivity index (χ1v) is 7.57. The molecule has 0 bridgehead atoms. The topological polar surface area (TPSA) is 51.2 Å². The van der Waals surface area contributed by atoms with Crippen LogP contribution in [0.4, 0.5) is 5.00 Å². The van der Waals surface area contributed by atoms with E-state index in [1.807, 2.05) is 19.1 Å².